The Balaban J connectivity index is 3.23. The Kier molecular flexibility index (Phi) is 5.59. The van der Waals surface area contributed by atoms with Crippen LogP contribution in [0.15, 0.2) is 23.1 Å². The van der Waals surface area contributed by atoms with Gasteiger partial charge < -0.3 is 15.2 Å². The Hall–Kier alpha value is -2.73. The maximum Gasteiger partial charge on any atom is 0.326 e. The molecule has 0 aliphatic rings. The number of nitrogens with one attached hydrogen (secondary N) is 1. The number of sulfonamides is 1. The second kappa shape index (κ2) is 7.02. The number of ether oxygens (including phenoxy) is 1. The van der Waals surface area contributed by atoms with E-state index in [2.05, 4.69) is 10.1 Å². The van der Waals surface area contributed by atoms with Gasteiger partial charge in [0.25, 0.3) is 5.69 Å². The van der Waals surface area contributed by atoms with Gasteiger partial charge in [-0.05, 0) is 12.1 Å². The predicted molar refractivity (Wildman–Crippen MR) is 76.1 cm³/mol. The summed E-state index contributed by atoms with van der Waals surface area (Å²) in [6, 6.07) is 1.16. The van der Waals surface area contributed by atoms with E-state index in [-0.39, 0.29) is 5.69 Å². The zero-order chi connectivity index (χ0) is 17.8. The van der Waals surface area contributed by atoms with Gasteiger partial charge in [-0.25, -0.2) is 18.4 Å². The third-order valence-electron chi connectivity index (χ3n) is 2.72. The molecule has 0 aromatic heterocycles. The summed E-state index contributed by atoms with van der Waals surface area (Å²) in [5.41, 5.74) is -0.980. The number of esters is 1. The molecule has 0 radical (unpaired) electrons. The average molecular weight is 347 g/mol. The minimum Gasteiger partial charge on any atom is -0.480 e. The first-order chi connectivity index (χ1) is 10.6. The number of carboxylic acids is 1. The summed E-state index contributed by atoms with van der Waals surface area (Å²) < 4.78 is 26.8. The average Bonchev–Trinajstić information content (AvgIpc) is 2.45. The van der Waals surface area contributed by atoms with Crippen LogP contribution in [0, 0.1) is 10.1 Å². The molecule has 1 rings (SSSR count). The molecule has 12 heteroatoms. The molecule has 23 heavy (non-hydrogen) atoms. The molecule has 0 aliphatic heterocycles. The zero-order valence-electron chi connectivity index (χ0n) is 11.8. The highest BCUT2D eigenvalue weighted by molar-refractivity contribution is 7.89. The number of hydrogen-bond donors (Lipinski definition) is 3. The number of anilines is 1. The number of nitrogens with zero attached hydrogens (tertiary/aromatic N) is 1. The summed E-state index contributed by atoms with van der Waals surface area (Å²) in [6.07, 6.45) is -0.583. The van der Waals surface area contributed by atoms with E-state index in [4.69, 9.17) is 10.2 Å². The van der Waals surface area contributed by atoms with Crippen LogP contribution in [-0.4, -0.2) is 43.5 Å². The van der Waals surface area contributed by atoms with Crippen LogP contribution in [0.2, 0.25) is 0 Å². The van der Waals surface area contributed by atoms with Crippen molar-refractivity contribution >= 4 is 33.3 Å². The molecule has 0 saturated carbocycles. The van der Waals surface area contributed by atoms with Gasteiger partial charge in [0.15, 0.2) is 0 Å². The van der Waals surface area contributed by atoms with Gasteiger partial charge in [0.1, 0.15) is 11.7 Å². The number of carbonyl (C=O) groups is 2. The molecule has 0 saturated heterocycles. The lowest BCUT2D eigenvalue weighted by molar-refractivity contribution is -0.384. The number of primary sulfonamides is 1. The molecule has 1 atom stereocenters. The van der Waals surface area contributed by atoms with Crippen molar-refractivity contribution in [2.24, 2.45) is 5.14 Å². The largest absolute Gasteiger partial charge is 0.480 e. The molecule has 1 aromatic rings. The molecule has 126 valence electrons. The Morgan fingerprint density at radius 2 is 2.09 bits per heavy atom. The van der Waals surface area contributed by atoms with Gasteiger partial charge in [0, 0.05) is 6.07 Å². The number of benzene rings is 1. The van der Waals surface area contributed by atoms with E-state index in [1.54, 1.807) is 0 Å². The first kappa shape index (κ1) is 18.3. The van der Waals surface area contributed by atoms with E-state index in [0.29, 0.717) is 6.07 Å². The van der Waals surface area contributed by atoms with Crippen molar-refractivity contribution in [1.29, 1.82) is 0 Å². The van der Waals surface area contributed by atoms with Crippen LogP contribution < -0.4 is 10.5 Å². The number of carbonyl (C=O) groups excluding carboxylic acids is 1. The Bertz CT molecular complexity index is 746. The molecule has 0 amide bonds. The molecule has 0 heterocycles. The summed E-state index contributed by atoms with van der Waals surface area (Å²) in [5.74, 6) is -2.28. The fraction of sp³-hybridized carbons (Fsp3) is 0.273. The Morgan fingerprint density at radius 1 is 1.48 bits per heavy atom. The highest BCUT2D eigenvalue weighted by Gasteiger charge is 2.26. The molecular formula is C11H13N3O8S. The monoisotopic (exact) mass is 347 g/mol. The predicted octanol–water partition coefficient (Wildman–Crippen LogP) is -0.330. The number of aliphatic carboxylic acids is 1. The van der Waals surface area contributed by atoms with Crippen LogP contribution in [0.4, 0.5) is 11.4 Å². The van der Waals surface area contributed by atoms with E-state index >= 15 is 0 Å². The highest BCUT2D eigenvalue weighted by atomic mass is 32.2. The number of methoxy groups -OCH3 is 1. The summed E-state index contributed by atoms with van der Waals surface area (Å²) in [5, 5.41) is 27.2. The third-order valence-corrected chi connectivity index (χ3v) is 3.63. The summed E-state index contributed by atoms with van der Waals surface area (Å²) in [4.78, 5) is 31.9. The minimum absolute atomic E-state index is 0.279. The van der Waals surface area contributed by atoms with Gasteiger partial charge in [-0.1, -0.05) is 0 Å². The third kappa shape index (κ3) is 4.89. The van der Waals surface area contributed by atoms with Crippen LogP contribution >= 0.6 is 0 Å². The molecule has 0 unspecified atom stereocenters. The number of rotatable bonds is 7. The van der Waals surface area contributed by atoms with Gasteiger partial charge in [-0.3, -0.25) is 14.9 Å². The van der Waals surface area contributed by atoms with Crippen LogP contribution in [0.25, 0.3) is 0 Å². The fourth-order valence-electron chi connectivity index (χ4n) is 1.60. The fourth-order valence-corrected chi connectivity index (χ4v) is 2.13. The van der Waals surface area contributed by atoms with Crippen molar-refractivity contribution in [2.45, 2.75) is 17.4 Å². The normalized spacial score (nSPS) is 12.3. The van der Waals surface area contributed by atoms with Crippen molar-refractivity contribution < 1.29 is 32.8 Å². The van der Waals surface area contributed by atoms with Gasteiger partial charge in [-0.2, -0.15) is 0 Å². The Morgan fingerprint density at radius 3 is 2.52 bits per heavy atom. The quantitative estimate of drug-likeness (QED) is 0.338. The molecular weight excluding hydrogens is 334 g/mol. The number of nitro benzene ring substituents is 1. The van der Waals surface area contributed by atoms with E-state index in [0.717, 1.165) is 19.2 Å². The first-order valence-electron chi connectivity index (χ1n) is 5.93. The van der Waals surface area contributed by atoms with E-state index in [9.17, 15) is 28.1 Å². The molecule has 4 N–H and O–H groups in total. The molecule has 0 bridgehead atoms. The van der Waals surface area contributed by atoms with E-state index in [1.807, 2.05) is 0 Å². The van der Waals surface area contributed by atoms with Crippen molar-refractivity contribution in [3.63, 3.8) is 0 Å². The standard InChI is InChI=1S/C11H13N3O8S/c1-22-10(15)5-8(11(16)17)13-7-3-2-6(23(12,20)21)4-9(7)14(18)19/h2-4,8,13H,5H2,1H3,(H,16,17)(H2,12,20,21)/t8-/m0/s1. The number of nitrogens with two attached hydrogens (primary N) is 1. The minimum atomic E-state index is -4.17. The number of nitro groups is 1. The van der Waals surface area contributed by atoms with Gasteiger partial charge in [0.05, 0.1) is 23.3 Å². The topological polar surface area (TPSA) is 179 Å². The molecule has 0 fully saturated rings. The molecule has 11 nitrogen and oxygen atoms in total. The second-order valence-corrected chi connectivity index (χ2v) is 5.86. The van der Waals surface area contributed by atoms with Crippen molar-refractivity contribution in [3.05, 3.63) is 28.3 Å². The maximum atomic E-state index is 11.2. The van der Waals surface area contributed by atoms with E-state index in [1.165, 1.54) is 0 Å². The van der Waals surface area contributed by atoms with Crippen LogP contribution in [-0.2, 0) is 24.3 Å². The molecule has 0 spiro atoms. The number of carboxylic acid groups (broad SMARTS) is 1. The lowest BCUT2D eigenvalue weighted by Gasteiger charge is -2.15. The molecule has 0 aliphatic carbocycles. The maximum absolute atomic E-state index is 11.2. The zero-order valence-corrected chi connectivity index (χ0v) is 12.6. The van der Waals surface area contributed by atoms with Crippen LogP contribution in [0.3, 0.4) is 0 Å². The lowest BCUT2D eigenvalue weighted by Crippen LogP contribution is -2.32. The first-order valence-corrected chi connectivity index (χ1v) is 7.48. The van der Waals surface area contributed by atoms with Crippen LogP contribution in [0.5, 0.6) is 0 Å². The van der Waals surface area contributed by atoms with Gasteiger partial charge in [-0.15, -0.1) is 0 Å². The molecule has 1 aromatic carbocycles. The second-order valence-electron chi connectivity index (χ2n) is 4.30. The van der Waals surface area contributed by atoms with Gasteiger partial charge in [0.2, 0.25) is 10.0 Å². The van der Waals surface area contributed by atoms with Crippen molar-refractivity contribution in [2.75, 3.05) is 12.4 Å². The van der Waals surface area contributed by atoms with Crippen molar-refractivity contribution in [3.8, 4) is 0 Å². The summed E-state index contributed by atoms with van der Waals surface area (Å²) in [6.45, 7) is 0. The van der Waals surface area contributed by atoms with Crippen LogP contribution in [0.1, 0.15) is 6.42 Å². The summed E-state index contributed by atoms with van der Waals surface area (Å²) in [7, 11) is -3.11. The SMILES string of the molecule is COC(=O)C[C@H](Nc1ccc(S(N)(=O)=O)cc1[N+](=O)[O-])C(=O)O. The lowest BCUT2D eigenvalue weighted by atomic mass is 10.2. The summed E-state index contributed by atoms with van der Waals surface area (Å²) >= 11 is 0. The Labute approximate surface area is 130 Å². The van der Waals surface area contributed by atoms with Crippen molar-refractivity contribution in [1.82, 2.24) is 0 Å². The smallest absolute Gasteiger partial charge is 0.326 e. The number of hydrogen-bond acceptors (Lipinski definition) is 8. The van der Waals surface area contributed by atoms with E-state index < -0.39 is 49.9 Å². The van der Waals surface area contributed by atoms with Gasteiger partial charge >= 0.3 is 11.9 Å². The highest BCUT2D eigenvalue weighted by Crippen LogP contribution is 2.28.